The summed E-state index contributed by atoms with van der Waals surface area (Å²) in [5.41, 5.74) is 2.62. The van der Waals surface area contributed by atoms with E-state index >= 15 is 0 Å². The van der Waals surface area contributed by atoms with E-state index in [0.717, 1.165) is 28.9 Å². The average molecular weight is 487 g/mol. The molecule has 1 heterocycles. The molecule has 3 aromatic rings. The fourth-order valence-electron chi connectivity index (χ4n) is 3.67. The maximum absolute atomic E-state index is 13.5. The summed E-state index contributed by atoms with van der Waals surface area (Å²) in [5, 5.41) is 16.1. The molecular weight excluding hydrogens is 469 g/mol. The smallest absolute Gasteiger partial charge is 0.255 e. The molecule has 1 aliphatic heterocycles. The summed E-state index contributed by atoms with van der Waals surface area (Å²) in [6, 6.07) is 9.80. The van der Waals surface area contributed by atoms with Crippen LogP contribution in [0.25, 0.3) is 6.08 Å². The monoisotopic (exact) mass is 486 g/mol. The number of anilines is 1. The number of amides is 2. The van der Waals surface area contributed by atoms with Gasteiger partial charge >= 0.3 is 0 Å². The minimum absolute atomic E-state index is 0.0567. The molecule has 4 rings (SSSR count). The first kappa shape index (κ1) is 23.4. The van der Waals surface area contributed by atoms with Crippen molar-refractivity contribution in [3.05, 3.63) is 98.8 Å². The van der Waals surface area contributed by atoms with Crippen molar-refractivity contribution in [3.8, 4) is 5.75 Å². The molecule has 0 radical (unpaired) electrons. The van der Waals surface area contributed by atoms with Crippen LogP contribution in [0.15, 0.2) is 48.5 Å². The highest BCUT2D eigenvalue weighted by atomic mass is 35.5. The van der Waals surface area contributed by atoms with Crippen LogP contribution >= 0.6 is 11.6 Å². The van der Waals surface area contributed by atoms with Crippen LogP contribution in [0.5, 0.6) is 5.75 Å². The lowest BCUT2D eigenvalue weighted by atomic mass is 10.0. The summed E-state index contributed by atoms with van der Waals surface area (Å²) < 4.78 is 40.2. The molecule has 0 bridgehead atoms. The lowest BCUT2D eigenvalue weighted by Crippen LogP contribution is -2.23. The largest absolute Gasteiger partial charge is 0.507 e. The topological polar surface area (TPSA) is 78.4 Å². The standard InChI is InChI=1S/C25H18ClF3N2O3/c26-17-10-16(6-14-7-19(27)23(29)20(28)8-14)24(33)18(12-17)25(34)30-5-1-2-13-3-4-15-11-22(32)31-21(15)9-13/h1-4,7-10,12,33H,5-6,11H2,(H,30,34)(H,31,32). The Kier molecular flexibility index (Phi) is 6.61. The Morgan fingerprint density at radius 1 is 1.12 bits per heavy atom. The molecule has 0 unspecified atom stereocenters. The summed E-state index contributed by atoms with van der Waals surface area (Å²) >= 11 is 6.07. The van der Waals surface area contributed by atoms with Crippen LogP contribution in [-0.2, 0) is 17.6 Å². The Morgan fingerprint density at radius 2 is 1.85 bits per heavy atom. The number of phenolic OH excluding ortho intramolecular Hbond substituents is 1. The predicted molar refractivity (Wildman–Crippen MR) is 122 cm³/mol. The minimum atomic E-state index is -1.59. The van der Waals surface area contributed by atoms with Crippen LogP contribution in [0.2, 0.25) is 5.02 Å². The zero-order valence-electron chi connectivity index (χ0n) is 17.6. The maximum atomic E-state index is 13.5. The third-order valence-electron chi connectivity index (χ3n) is 5.29. The van der Waals surface area contributed by atoms with Gasteiger partial charge in [-0.1, -0.05) is 35.9 Å². The zero-order valence-corrected chi connectivity index (χ0v) is 18.3. The molecule has 0 saturated carbocycles. The summed E-state index contributed by atoms with van der Waals surface area (Å²) in [4.78, 5) is 24.0. The molecule has 0 aromatic heterocycles. The molecule has 34 heavy (non-hydrogen) atoms. The normalized spacial score (nSPS) is 12.6. The van der Waals surface area contributed by atoms with Crippen LogP contribution in [0.1, 0.15) is 32.6 Å². The van der Waals surface area contributed by atoms with Gasteiger partial charge in [-0.3, -0.25) is 9.59 Å². The Hall–Kier alpha value is -3.78. The van der Waals surface area contributed by atoms with Gasteiger partial charge in [0.2, 0.25) is 5.91 Å². The molecule has 3 N–H and O–H groups in total. The second-order valence-electron chi connectivity index (χ2n) is 7.77. The van der Waals surface area contributed by atoms with Crippen LogP contribution in [-0.4, -0.2) is 23.5 Å². The van der Waals surface area contributed by atoms with E-state index in [1.54, 1.807) is 12.2 Å². The van der Waals surface area contributed by atoms with E-state index in [-0.39, 0.29) is 40.6 Å². The van der Waals surface area contributed by atoms with Gasteiger partial charge in [0.15, 0.2) is 17.5 Å². The van der Waals surface area contributed by atoms with Crippen LogP contribution in [0, 0.1) is 17.5 Å². The summed E-state index contributed by atoms with van der Waals surface area (Å²) in [7, 11) is 0. The maximum Gasteiger partial charge on any atom is 0.255 e. The molecule has 0 atom stereocenters. The van der Waals surface area contributed by atoms with Gasteiger partial charge < -0.3 is 15.7 Å². The number of carbonyl (C=O) groups excluding carboxylic acids is 2. The quantitative estimate of drug-likeness (QED) is 0.429. The average Bonchev–Trinajstić information content (AvgIpc) is 3.16. The Bertz CT molecular complexity index is 1320. The highest BCUT2D eigenvalue weighted by Crippen LogP contribution is 2.30. The number of benzene rings is 3. The first-order valence-electron chi connectivity index (χ1n) is 10.2. The van der Waals surface area contributed by atoms with Crippen molar-refractivity contribution in [1.82, 2.24) is 5.32 Å². The Labute approximate surface area is 197 Å². The van der Waals surface area contributed by atoms with E-state index in [9.17, 15) is 27.9 Å². The minimum Gasteiger partial charge on any atom is -0.507 e. The molecule has 3 aromatic carbocycles. The number of carbonyl (C=O) groups is 2. The number of phenols is 1. The molecule has 9 heteroatoms. The number of fused-ring (bicyclic) bond motifs is 1. The van der Waals surface area contributed by atoms with Gasteiger partial charge in [0.05, 0.1) is 12.0 Å². The first-order chi connectivity index (χ1) is 16.2. The van der Waals surface area contributed by atoms with Crippen molar-refractivity contribution in [1.29, 1.82) is 0 Å². The van der Waals surface area contributed by atoms with E-state index in [1.165, 1.54) is 12.1 Å². The molecule has 0 aliphatic carbocycles. The Balaban J connectivity index is 1.44. The van der Waals surface area contributed by atoms with E-state index < -0.39 is 29.1 Å². The van der Waals surface area contributed by atoms with E-state index in [0.29, 0.717) is 6.42 Å². The number of aromatic hydroxyl groups is 1. The van der Waals surface area contributed by atoms with Crippen molar-refractivity contribution in [2.45, 2.75) is 12.8 Å². The van der Waals surface area contributed by atoms with Gasteiger partial charge in [-0.05, 0) is 47.0 Å². The molecule has 5 nitrogen and oxygen atoms in total. The predicted octanol–water partition coefficient (Wildman–Crippen LogP) is 4.99. The summed E-state index contributed by atoms with van der Waals surface area (Å²) in [6.45, 7) is 0.137. The number of hydrogen-bond acceptors (Lipinski definition) is 3. The molecule has 174 valence electrons. The van der Waals surface area contributed by atoms with Crippen LogP contribution < -0.4 is 10.6 Å². The SMILES string of the molecule is O=C1Cc2ccc(C=CCNC(=O)c3cc(Cl)cc(Cc4cc(F)c(F)c(F)c4)c3O)cc2N1. The Morgan fingerprint density at radius 3 is 2.59 bits per heavy atom. The van der Waals surface area contributed by atoms with Gasteiger partial charge in [-0.2, -0.15) is 0 Å². The summed E-state index contributed by atoms with van der Waals surface area (Å²) in [6.07, 6.45) is 3.65. The van der Waals surface area contributed by atoms with E-state index in [4.69, 9.17) is 11.6 Å². The van der Waals surface area contributed by atoms with Gasteiger partial charge in [0.1, 0.15) is 5.75 Å². The lowest BCUT2D eigenvalue weighted by Gasteiger charge is -2.11. The lowest BCUT2D eigenvalue weighted by molar-refractivity contribution is -0.115. The third kappa shape index (κ3) is 5.07. The van der Waals surface area contributed by atoms with Gasteiger partial charge in [0, 0.05) is 29.2 Å². The molecule has 0 fully saturated rings. The zero-order chi connectivity index (χ0) is 24.4. The van der Waals surface area contributed by atoms with Crippen LogP contribution in [0.4, 0.5) is 18.9 Å². The van der Waals surface area contributed by atoms with E-state index in [1.807, 2.05) is 18.2 Å². The molecule has 0 spiro atoms. The van der Waals surface area contributed by atoms with Crippen molar-refractivity contribution in [2.75, 3.05) is 11.9 Å². The number of hydrogen-bond donors (Lipinski definition) is 3. The number of rotatable bonds is 6. The van der Waals surface area contributed by atoms with Crippen LogP contribution in [0.3, 0.4) is 0 Å². The van der Waals surface area contributed by atoms with Gasteiger partial charge in [-0.25, -0.2) is 13.2 Å². The van der Waals surface area contributed by atoms with Crippen molar-refractivity contribution >= 4 is 35.2 Å². The van der Waals surface area contributed by atoms with Gasteiger partial charge in [0.25, 0.3) is 5.91 Å². The first-order valence-corrected chi connectivity index (χ1v) is 10.6. The van der Waals surface area contributed by atoms with Crippen molar-refractivity contribution < 1.29 is 27.9 Å². The second-order valence-corrected chi connectivity index (χ2v) is 8.20. The molecule has 2 amide bonds. The molecule has 0 saturated heterocycles. The van der Waals surface area contributed by atoms with Gasteiger partial charge in [-0.15, -0.1) is 0 Å². The van der Waals surface area contributed by atoms with E-state index in [2.05, 4.69) is 10.6 Å². The summed E-state index contributed by atoms with van der Waals surface area (Å²) in [5.74, 6) is -5.36. The third-order valence-corrected chi connectivity index (χ3v) is 5.50. The van der Waals surface area contributed by atoms with Crippen molar-refractivity contribution in [3.63, 3.8) is 0 Å². The van der Waals surface area contributed by atoms with Crippen molar-refractivity contribution in [2.24, 2.45) is 0 Å². The fourth-order valence-corrected chi connectivity index (χ4v) is 3.91. The molecule has 1 aliphatic rings. The second kappa shape index (κ2) is 9.61. The fraction of sp³-hybridized carbons (Fsp3) is 0.120. The number of nitrogens with one attached hydrogen (secondary N) is 2. The molecular formula is C25H18ClF3N2O3. The highest BCUT2D eigenvalue weighted by molar-refractivity contribution is 6.31. The number of halogens is 4. The highest BCUT2D eigenvalue weighted by Gasteiger charge is 2.18.